The molecule has 0 aliphatic rings. The van der Waals surface area contributed by atoms with Crippen molar-refractivity contribution < 1.29 is 9.94 Å². The van der Waals surface area contributed by atoms with Crippen LogP contribution in [0.5, 0.6) is 5.75 Å². The van der Waals surface area contributed by atoms with Gasteiger partial charge < -0.3 is 15.7 Å². The monoisotopic (exact) mass is 246 g/mol. The summed E-state index contributed by atoms with van der Waals surface area (Å²) in [6.45, 7) is 0.524. The second-order valence-corrected chi connectivity index (χ2v) is 3.72. The molecule has 6 nitrogen and oxygen atoms in total. The van der Waals surface area contributed by atoms with Gasteiger partial charge >= 0.3 is 0 Å². The molecule has 0 unspecified atom stereocenters. The van der Waals surface area contributed by atoms with Gasteiger partial charge in [-0.1, -0.05) is 29.4 Å². The van der Waals surface area contributed by atoms with E-state index in [-0.39, 0.29) is 5.84 Å². The number of oxime groups is 1. The van der Waals surface area contributed by atoms with Gasteiger partial charge in [-0.15, -0.1) is 0 Å². The quantitative estimate of drug-likeness (QED) is 0.365. The molecule has 0 atom stereocenters. The summed E-state index contributed by atoms with van der Waals surface area (Å²) in [6.07, 6.45) is 3.41. The van der Waals surface area contributed by atoms with Crippen LogP contribution in [0.3, 0.4) is 0 Å². The third-order valence-corrected chi connectivity index (χ3v) is 2.58. The van der Waals surface area contributed by atoms with Gasteiger partial charge in [-0.3, -0.25) is 4.68 Å². The number of aromatic nitrogens is 2. The van der Waals surface area contributed by atoms with E-state index in [0.717, 1.165) is 5.56 Å². The van der Waals surface area contributed by atoms with Gasteiger partial charge in [0.25, 0.3) is 0 Å². The minimum Gasteiger partial charge on any atom is -0.493 e. The Bertz CT molecular complexity index is 563. The fourth-order valence-electron chi connectivity index (χ4n) is 1.67. The minimum atomic E-state index is 0.0877. The Morgan fingerprint density at radius 3 is 2.94 bits per heavy atom. The van der Waals surface area contributed by atoms with E-state index in [1.807, 2.05) is 18.2 Å². The Morgan fingerprint density at radius 2 is 2.28 bits per heavy atom. The zero-order chi connectivity index (χ0) is 13.0. The molecular weight excluding hydrogens is 232 g/mol. The van der Waals surface area contributed by atoms with Crippen molar-refractivity contribution in [3.8, 4) is 5.75 Å². The standard InChI is InChI=1S/C12H14N4O2/c1-18-10-6-14-16(8-10)7-9-4-2-3-5-11(9)12(13)15-17/h2-6,8,17H,7H2,1H3,(H2,13,15). The van der Waals surface area contributed by atoms with Crippen molar-refractivity contribution in [2.45, 2.75) is 6.54 Å². The molecule has 0 amide bonds. The summed E-state index contributed by atoms with van der Waals surface area (Å²) in [5.41, 5.74) is 7.23. The molecule has 0 fully saturated rings. The first-order valence-electron chi connectivity index (χ1n) is 5.37. The molecule has 6 heteroatoms. The predicted octanol–water partition coefficient (Wildman–Crippen LogP) is 1.03. The van der Waals surface area contributed by atoms with Gasteiger partial charge in [-0.2, -0.15) is 5.10 Å². The fourth-order valence-corrected chi connectivity index (χ4v) is 1.67. The number of hydrogen-bond donors (Lipinski definition) is 2. The molecule has 3 N–H and O–H groups in total. The van der Waals surface area contributed by atoms with Crippen LogP contribution in [0.2, 0.25) is 0 Å². The molecule has 0 radical (unpaired) electrons. The van der Waals surface area contributed by atoms with Gasteiger partial charge in [-0.05, 0) is 5.56 Å². The summed E-state index contributed by atoms with van der Waals surface area (Å²) in [5.74, 6) is 0.779. The van der Waals surface area contributed by atoms with Crippen molar-refractivity contribution in [3.05, 3.63) is 47.8 Å². The van der Waals surface area contributed by atoms with E-state index in [2.05, 4.69) is 10.3 Å². The number of benzene rings is 1. The average molecular weight is 246 g/mol. The number of ether oxygens (including phenoxy) is 1. The molecule has 94 valence electrons. The maximum absolute atomic E-state index is 8.74. The van der Waals surface area contributed by atoms with Crippen LogP contribution < -0.4 is 10.5 Å². The summed E-state index contributed by atoms with van der Waals surface area (Å²) < 4.78 is 6.78. The van der Waals surface area contributed by atoms with Crippen LogP contribution in [0, 0.1) is 0 Å². The first-order chi connectivity index (χ1) is 8.74. The second-order valence-electron chi connectivity index (χ2n) is 3.72. The lowest BCUT2D eigenvalue weighted by Crippen LogP contribution is -2.16. The first kappa shape index (κ1) is 12.0. The van der Waals surface area contributed by atoms with Crippen molar-refractivity contribution in [2.75, 3.05) is 7.11 Å². The molecule has 0 aliphatic heterocycles. The van der Waals surface area contributed by atoms with Crippen molar-refractivity contribution >= 4 is 5.84 Å². The Morgan fingerprint density at radius 1 is 1.50 bits per heavy atom. The molecule has 0 saturated heterocycles. The molecule has 0 bridgehead atoms. The Hall–Kier alpha value is -2.50. The van der Waals surface area contributed by atoms with Crippen LogP contribution in [0.25, 0.3) is 0 Å². The smallest absolute Gasteiger partial charge is 0.170 e. The summed E-state index contributed by atoms with van der Waals surface area (Å²) in [7, 11) is 1.59. The van der Waals surface area contributed by atoms with Gasteiger partial charge in [0.05, 0.1) is 26.0 Å². The lowest BCUT2D eigenvalue weighted by atomic mass is 10.1. The molecular formula is C12H14N4O2. The molecule has 0 spiro atoms. The SMILES string of the molecule is COc1cnn(Cc2ccccc2/C(N)=N/O)c1. The van der Waals surface area contributed by atoms with Gasteiger partial charge in [-0.25, -0.2) is 0 Å². The van der Waals surface area contributed by atoms with E-state index >= 15 is 0 Å². The number of nitrogens with two attached hydrogens (primary N) is 1. The topological polar surface area (TPSA) is 85.7 Å². The third-order valence-electron chi connectivity index (χ3n) is 2.58. The zero-order valence-electron chi connectivity index (χ0n) is 9.95. The van der Waals surface area contributed by atoms with Crippen LogP contribution in [-0.2, 0) is 6.54 Å². The predicted molar refractivity (Wildman–Crippen MR) is 66.8 cm³/mol. The highest BCUT2D eigenvalue weighted by molar-refractivity contribution is 5.98. The first-order valence-corrected chi connectivity index (χ1v) is 5.37. The van der Waals surface area contributed by atoms with E-state index in [1.165, 1.54) is 0 Å². The summed E-state index contributed by atoms with van der Waals surface area (Å²) in [4.78, 5) is 0. The normalized spacial score (nSPS) is 11.5. The number of methoxy groups -OCH3 is 1. The average Bonchev–Trinajstić information content (AvgIpc) is 2.86. The highest BCUT2D eigenvalue weighted by Gasteiger charge is 2.07. The number of hydrogen-bond acceptors (Lipinski definition) is 4. The van der Waals surface area contributed by atoms with Crippen molar-refractivity contribution in [1.82, 2.24) is 9.78 Å². The lowest BCUT2D eigenvalue weighted by molar-refractivity contribution is 0.318. The maximum Gasteiger partial charge on any atom is 0.170 e. The van der Waals surface area contributed by atoms with Gasteiger partial charge in [0, 0.05) is 5.56 Å². The van der Waals surface area contributed by atoms with E-state index < -0.39 is 0 Å². The number of nitrogens with zero attached hydrogens (tertiary/aromatic N) is 3. The fraction of sp³-hybridized carbons (Fsp3) is 0.167. The molecule has 0 saturated carbocycles. The molecule has 0 aliphatic carbocycles. The van der Waals surface area contributed by atoms with Gasteiger partial charge in [0.2, 0.25) is 0 Å². The Balaban J connectivity index is 2.28. The molecule has 1 heterocycles. The van der Waals surface area contributed by atoms with Crippen molar-refractivity contribution in [2.24, 2.45) is 10.9 Å². The van der Waals surface area contributed by atoms with E-state index in [9.17, 15) is 0 Å². The largest absolute Gasteiger partial charge is 0.493 e. The minimum absolute atomic E-state index is 0.0877. The molecule has 18 heavy (non-hydrogen) atoms. The summed E-state index contributed by atoms with van der Waals surface area (Å²) in [5, 5.41) is 15.9. The third kappa shape index (κ3) is 2.42. The molecule has 1 aromatic carbocycles. The van der Waals surface area contributed by atoms with E-state index in [1.54, 1.807) is 30.3 Å². The van der Waals surface area contributed by atoms with Crippen molar-refractivity contribution in [1.29, 1.82) is 0 Å². The molecule has 1 aromatic heterocycles. The van der Waals surface area contributed by atoms with Crippen LogP contribution in [0.1, 0.15) is 11.1 Å². The summed E-state index contributed by atoms with van der Waals surface area (Å²) >= 11 is 0. The van der Waals surface area contributed by atoms with Crippen LogP contribution >= 0.6 is 0 Å². The van der Waals surface area contributed by atoms with E-state index in [4.69, 9.17) is 15.7 Å². The van der Waals surface area contributed by atoms with Gasteiger partial charge in [0.15, 0.2) is 11.6 Å². The lowest BCUT2D eigenvalue weighted by Gasteiger charge is -2.07. The Kier molecular flexibility index (Phi) is 3.47. The van der Waals surface area contributed by atoms with Crippen molar-refractivity contribution in [3.63, 3.8) is 0 Å². The Labute approximate surface area is 104 Å². The highest BCUT2D eigenvalue weighted by Crippen LogP contribution is 2.13. The van der Waals surface area contributed by atoms with E-state index in [0.29, 0.717) is 17.9 Å². The van der Waals surface area contributed by atoms with Crippen LogP contribution in [0.15, 0.2) is 41.8 Å². The highest BCUT2D eigenvalue weighted by atomic mass is 16.5. The molecule has 2 rings (SSSR count). The molecule has 2 aromatic rings. The second kappa shape index (κ2) is 5.22. The van der Waals surface area contributed by atoms with Crippen LogP contribution in [0.4, 0.5) is 0 Å². The number of rotatable bonds is 4. The zero-order valence-corrected chi connectivity index (χ0v) is 9.95. The maximum atomic E-state index is 8.74. The number of amidine groups is 1. The van der Waals surface area contributed by atoms with Gasteiger partial charge in [0.1, 0.15) is 0 Å². The summed E-state index contributed by atoms with van der Waals surface area (Å²) in [6, 6.07) is 7.43. The van der Waals surface area contributed by atoms with Crippen LogP contribution in [-0.4, -0.2) is 27.9 Å².